The van der Waals surface area contributed by atoms with E-state index in [0.29, 0.717) is 6.42 Å². The largest absolute Gasteiger partial charge is 0.481 e. The molecule has 1 rings (SSSR count). The van der Waals surface area contributed by atoms with Gasteiger partial charge in [0.2, 0.25) is 0 Å². The summed E-state index contributed by atoms with van der Waals surface area (Å²) >= 11 is 0. The molecule has 0 aliphatic heterocycles. The zero-order valence-corrected chi connectivity index (χ0v) is 11.4. The monoisotopic (exact) mass is 289 g/mol. The van der Waals surface area contributed by atoms with Crippen LogP contribution in [0.3, 0.4) is 0 Å². The molecule has 0 spiro atoms. The molecule has 0 heterocycles. The molecular weight excluding hydrogens is 271 g/mol. The third-order valence-electron chi connectivity index (χ3n) is 3.36. The summed E-state index contributed by atoms with van der Waals surface area (Å²) in [5, 5.41) is 9.31. The van der Waals surface area contributed by atoms with Gasteiger partial charge in [0.1, 0.15) is 0 Å². The van der Waals surface area contributed by atoms with Crippen LogP contribution in [0.25, 0.3) is 0 Å². The minimum absolute atomic E-state index is 0.0354. The van der Waals surface area contributed by atoms with Crippen molar-refractivity contribution < 1.29 is 23.1 Å². The van der Waals surface area contributed by atoms with Crippen LogP contribution < -0.4 is 5.73 Å². The van der Waals surface area contributed by atoms with Gasteiger partial charge in [-0.3, -0.25) is 4.79 Å². The second-order valence-corrected chi connectivity index (χ2v) is 4.89. The van der Waals surface area contributed by atoms with E-state index in [0.717, 1.165) is 12.5 Å². The highest BCUT2D eigenvalue weighted by Crippen LogP contribution is 2.39. The smallest absolute Gasteiger partial charge is 0.418 e. The number of hydrogen-bond donors (Lipinski definition) is 2. The molecule has 0 bridgehead atoms. The molecule has 0 aromatic heterocycles. The molecule has 0 fully saturated rings. The zero-order valence-electron chi connectivity index (χ0n) is 11.4. The molecule has 0 aliphatic carbocycles. The molecule has 0 saturated heterocycles. The van der Waals surface area contributed by atoms with Gasteiger partial charge in [-0.2, -0.15) is 13.2 Å². The first kappa shape index (κ1) is 16.3. The van der Waals surface area contributed by atoms with E-state index in [1.165, 1.54) is 12.1 Å². The molecule has 3 nitrogen and oxygen atoms in total. The Bertz CT molecular complexity index is 486. The molecule has 0 aliphatic rings. The highest BCUT2D eigenvalue weighted by molar-refractivity contribution is 5.79. The number of carbonyl (C=O) groups is 1. The maximum atomic E-state index is 12.8. The number of para-hydroxylation sites is 1. The lowest BCUT2D eigenvalue weighted by atomic mass is 9.83. The standard InChI is InChI=1S/C14H18F3NO2/c1-3-5-8(2)11(13(19)20)9-6-4-7-10(12(9)18)14(15,16)17/h4,6-8,11H,3,5,18H2,1-2H3,(H,19,20). The van der Waals surface area contributed by atoms with Crippen LogP contribution in [0.2, 0.25) is 0 Å². The Morgan fingerprint density at radius 2 is 2.00 bits per heavy atom. The first-order chi connectivity index (χ1) is 9.20. The normalized spacial score (nSPS) is 14.8. The van der Waals surface area contributed by atoms with E-state index in [1.807, 2.05) is 6.92 Å². The van der Waals surface area contributed by atoms with Crippen molar-refractivity contribution in [1.29, 1.82) is 0 Å². The number of hydrogen-bond acceptors (Lipinski definition) is 2. The summed E-state index contributed by atoms with van der Waals surface area (Å²) in [6, 6.07) is 3.42. The second kappa shape index (κ2) is 6.15. The predicted molar refractivity (Wildman–Crippen MR) is 70.3 cm³/mol. The van der Waals surface area contributed by atoms with Gasteiger partial charge in [-0.25, -0.2) is 0 Å². The minimum atomic E-state index is -4.59. The van der Waals surface area contributed by atoms with Gasteiger partial charge in [0.15, 0.2) is 0 Å². The molecule has 2 atom stereocenters. The van der Waals surface area contributed by atoms with Gasteiger partial charge < -0.3 is 10.8 Å². The lowest BCUT2D eigenvalue weighted by molar-refractivity contribution is -0.141. The van der Waals surface area contributed by atoms with E-state index in [9.17, 15) is 23.1 Å². The van der Waals surface area contributed by atoms with Crippen molar-refractivity contribution in [3.63, 3.8) is 0 Å². The lowest BCUT2D eigenvalue weighted by Gasteiger charge is -2.23. The van der Waals surface area contributed by atoms with Gasteiger partial charge in [-0.05, 0) is 24.0 Å². The van der Waals surface area contributed by atoms with Crippen LogP contribution in [-0.4, -0.2) is 11.1 Å². The Morgan fingerprint density at radius 3 is 2.45 bits per heavy atom. The van der Waals surface area contributed by atoms with E-state index in [2.05, 4.69) is 0 Å². The first-order valence-corrected chi connectivity index (χ1v) is 6.38. The molecule has 0 radical (unpaired) electrons. The predicted octanol–water partition coefficient (Wildman–Crippen LogP) is 3.89. The minimum Gasteiger partial charge on any atom is -0.481 e. The number of nitrogen functional groups attached to an aromatic ring is 1. The first-order valence-electron chi connectivity index (χ1n) is 6.38. The number of benzene rings is 1. The third kappa shape index (κ3) is 3.43. The molecule has 1 aromatic carbocycles. The van der Waals surface area contributed by atoms with E-state index in [4.69, 9.17) is 5.73 Å². The Labute approximate surface area is 115 Å². The van der Waals surface area contributed by atoms with Crippen LogP contribution in [0.1, 0.15) is 43.7 Å². The fourth-order valence-corrected chi connectivity index (χ4v) is 2.41. The zero-order chi connectivity index (χ0) is 15.5. The van der Waals surface area contributed by atoms with E-state index in [1.54, 1.807) is 6.92 Å². The summed E-state index contributed by atoms with van der Waals surface area (Å²) in [5.41, 5.74) is 4.12. The van der Waals surface area contributed by atoms with Gasteiger partial charge in [0.05, 0.1) is 11.5 Å². The summed E-state index contributed by atoms with van der Waals surface area (Å²) in [7, 11) is 0. The number of carboxylic acid groups (broad SMARTS) is 1. The quantitative estimate of drug-likeness (QED) is 0.808. The summed E-state index contributed by atoms with van der Waals surface area (Å²) < 4.78 is 38.4. The molecule has 2 unspecified atom stereocenters. The van der Waals surface area contributed by atoms with Gasteiger partial charge in [0.25, 0.3) is 0 Å². The number of halogens is 3. The van der Waals surface area contributed by atoms with E-state index >= 15 is 0 Å². The van der Waals surface area contributed by atoms with Gasteiger partial charge in [-0.1, -0.05) is 32.4 Å². The Hall–Kier alpha value is -1.72. The maximum absolute atomic E-state index is 12.8. The van der Waals surface area contributed by atoms with Crippen molar-refractivity contribution >= 4 is 11.7 Å². The Morgan fingerprint density at radius 1 is 1.40 bits per heavy atom. The van der Waals surface area contributed by atoms with Crippen molar-refractivity contribution in [3.8, 4) is 0 Å². The van der Waals surface area contributed by atoms with E-state index in [-0.39, 0.29) is 11.5 Å². The van der Waals surface area contributed by atoms with Crippen LogP contribution in [-0.2, 0) is 11.0 Å². The fourth-order valence-electron chi connectivity index (χ4n) is 2.41. The van der Waals surface area contributed by atoms with Crippen LogP contribution in [0, 0.1) is 5.92 Å². The van der Waals surface area contributed by atoms with Crippen molar-refractivity contribution in [2.24, 2.45) is 5.92 Å². The van der Waals surface area contributed by atoms with Gasteiger partial charge >= 0.3 is 12.1 Å². The maximum Gasteiger partial charge on any atom is 0.418 e. The number of aliphatic carboxylic acids is 1. The lowest BCUT2D eigenvalue weighted by Crippen LogP contribution is -2.22. The Kier molecular flexibility index (Phi) is 5.03. The molecule has 3 N–H and O–H groups in total. The molecule has 0 saturated carbocycles. The average molecular weight is 289 g/mol. The van der Waals surface area contributed by atoms with E-state index < -0.39 is 29.3 Å². The summed E-state index contributed by atoms with van der Waals surface area (Å²) in [4.78, 5) is 11.4. The molecule has 6 heteroatoms. The molecule has 112 valence electrons. The highest BCUT2D eigenvalue weighted by atomic mass is 19.4. The van der Waals surface area contributed by atoms with Crippen LogP contribution in [0.4, 0.5) is 18.9 Å². The summed E-state index contributed by atoms with van der Waals surface area (Å²) in [6.45, 7) is 3.60. The summed E-state index contributed by atoms with van der Waals surface area (Å²) in [6.07, 6.45) is -3.23. The molecule has 20 heavy (non-hydrogen) atoms. The van der Waals surface area contributed by atoms with Crippen LogP contribution in [0.5, 0.6) is 0 Å². The number of rotatable bonds is 5. The number of nitrogens with two attached hydrogens (primary N) is 1. The average Bonchev–Trinajstić information content (AvgIpc) is 2.30. The van der Waals surface area contributed by atoms with Crippen molar-refractivity contribution in [3.05, 3.63) is 29.3 Å². The van der Waals surface area contributed by atoms with Crippen molar-refractivity contribution in [2.75, 3.05) is 5.73 Å². The number of alkyl halides is 3. The molecule has 0 amide bonds. The SMILES string of the molecule is CCCC(C)C(C(=O)O)c1cccc(C(F)(F)F)c1N. The highest BCUT2D eigenvalue weighted by Gasteiger charge is 2.36. The Balaban J connectivity index is 3.32. The second-order valence-electron chi connectivity index (χ2n) is 4.89. The van der Waals surface area contributed by atoms with Gasteiger partial charge in [-0.15, -0.1) is 0 Å². The number of anilines is 1. The van der Waals surface area contributed by atoms with Crippen LogP contribution in [0.15, 0.2) is 18.2 Å². The topological polar surface area (TPSA) is 63.3 Å². The van der Waals surface area contributed by atoms with Crippen molar-refractivity contribution in [2.45, 2.75) is 38.8 Å². The fraction of sp³-hybridized carbons (Fsp3) is 0.500. The van der Waals surface area contributed by atoms with Crippen molar-refractivity contribution in [1.82, 2.24) is 0 Å². The summed E-state index contributed by atoms with van der Waals surface area (Å²) in [5.74, 6) is -2.47. The molecule has 1 aromatic rings. The third-order valence-corrected chi connectivity index (χ3v) is 3.36. The van der Waals surface area contributed by atoms with Gasteiger partial charge in [0, 0.05) is 5.69 Å². The number of carboxylic acids is 1. The molecular formula is C14H18F3NO2. The van der Waals surface area contributed by atoms with Crippen LogP contribution >= 0.6 is 0 Å².